The van der Waals surface area contributed by atoms with Gasteiger partial charge in [-0.1, -0.05) is 0 Å². The van der Waals surface area contributed by atoms with Gasteiger partial charge < -0.3 is 20.1 Å². The first-order valence-corrected chi connectivity index (χ1v) is 6.77. The largest absolute Gasteiger partial charge is 0.480 e. The molecule has 2 aliphatic rings. The maximum Gasteiger partial charge on any atom is 0.329 e. The molecule has 2 aliphatic heterocycles. The highest BCUT2D eigenvalue weighted by Crippen LogP contribution is 2.28. The molecule has 19 heavy (non-hydrogen) atoms. The molecular weight excluding hydrogens is 248 g/mol. The monoisotopic (exact) mass is 270 g/mol. The molecule has 0 aromatic carbocycles. The number of aliphatic carboxylic acids is 1. The van der Waals surface area contributed by atoms with Crippen molar-refractivity contribution in [3.8, 4) is 0 Å². The van der Waals surface area contributed by atoms with Gasteiger partial charge in [-0.15, -0.1) is 0 Å². The van der Waals surface area contributed by atoms with Crippen molar-refractivity contribution in [2.75, 3.05) is 26.2 Å². The Hall–Kier alpha value is -1.14. The minimum atomic E-state index is -0.974. The molecule has 2 rings (SSSR count). The van der Waals surface area contributed by atoms with Crippen molar-refractivity contribution in [2.24, 2.45) is 5.92 Å². The van der Waals surface area contributed by atoms with Gasteiger partial charge in [-0.25, -0.2) is 4.79 Å². The predicted molar refractivity (Wildman–Crippen MR) is 68.8 cm³/mol. The van der Waals surface area contributed by atoms with Gasteiger partial charge in [0.05, 0.1) is 13.1 Å². The Morgan fingerprint density at radius 2 is 2.16 bits per heavy atom. The van der Waals surface area contributed by atoms with Gasteiger partial charge in [0.25, 0.3) is 0 Å². The lowest BCUT2D eigenvalue weighted by Crippen LogP contribution is -2.64. The highest BCUT2D eigenvalue weighted by atomic mass is 16.5. The zero-order chi connectivity index (χ0) is 14.0. The number of rotatable bonds is 4. The number of carbonyl (C=O) groups is 2. The van der Waals surface area contributed by atoms with Crippen LogP contribution in [-0.2, 0) is 14.3 Å². The Morgan fingerprint density at radius 3 is 2.74 bits per heavy atom. The summed E-state index contributed by atoms with van der Waals surface area (Å²) in [5, 5.41) is 11.9. The van der Waals surface area contributed by atoms with E-state index in [9.17, 15) is 9.59 Å². The highest BCUT2D eigenvalue weighted by Gasteiger charge is 2.44. The molecular formula is C13H22N2O4. The van der Waals surface area contributed by atoms with Gasteiger partial charge in [-0.05, 0) is 33.2 Å². The normalized spacial score (nSPS) is 29.7. The van der Waals surface area contributed by atoms with Crippen LogP contribution >= 0.6 is 0 Å². The van der Waals surface area contributed by atoms with Crippen molar-refractivity contribution in [1.82, 2.24) is 10.2 Å². The zero-order valence-electron chi connectivity index (χ0n) is 11.5. The second kappa shape index (κ2) is 5.46. The molecule has 6 nitrogen and oxygen atoms in total. The van der Waals surface area contributed by atoms with E-state index in [0.717, 1.165) is 19.4 Å². The fourth-order valence-corrected chi connectivity index (χ4v) is 2.86. The lowest BCUT2D eigenvalue weighted by Gasteiger charge is -2.48. The summed E-state index contributed by atoms with van der Waals surface area (Å²) < 4.78 is 5.31. The summed E-state index contributed by atoms with van der Waals surface area (Å²) in [7, 11) is 0. The van der Waals surface area contributed by atoms with Gasteiger partial charge in [0.15, 0.2) is 0 Å². The molecule has 0 bridgehead atoms. The molecule has 2 N–H and O–H groups in total. The molecule has 2 heterocycles. The number of piperidine rings is 1. The lowest BCUT2D eigenvalue weighted by molar-refractivity contribution is -0.176. The Kier molecular flexibility index (Phi) is 4.10. The molecule has 0 spiro atoms. The van der Waals surface area contributed by atoms with E-state index in [1.807, 2.05) is 6.92 Å². The highest BCUT2D eigenvalue weighted by molar-refractivity contribution is 5.80. The number of nitrogens with one attached hydrogen (secondary N) is 1. The summed E-state index contributed by atoms with van der Waals surface area (Å²) in [6.07, 6.45) is 1.76. The molecule has 0 saturated carbocycles. The molecule has 2 saturated heterocycles. The molecule has 2 unspecified atom stereocenters. The third-order valence-electron chi connectivity index (χ3n) is 3.88. The van der Waals surface area contributed by atoms with Crippen LogP contribution < -0.4 is 5.32 Å². The molecule has 0 aromatic rings. The number of carboxylic acid groups (broad SMARTS) is 1. The van der Waals surface area contributed by atoms with E-state index in [2.05, 4.69) is 12.2 Å². The third kappa shape index (κ3) is 3.45. The molecule has 0 aromatic heterocycles. The summed E-state index contributed by atoms with van der Waals surface area (Å²) in [5.41, 5.74) is -0.493. The minimum Gasteiger partial charge on any atom is -0.480 e. The number of amides is 1. The van der Waals surface area contributed by atoms with Crippen molar-refractivity contribution in [3.05, 3.63) is 0 Å². The van der Waals surface area contributed by atoms with Crippen LogP contribution in [0.3, 0.4) is 0 Å². The van der Waals surface area contributed by atoms with E-state index in [-0.39, 0.29) is 18.4 Å². The summed E-state index contributed by atoms with van der Waals surface area (Å²) in [4.78, 5) is 24.5. The quantitative estimate of drug-likeness (QED) is 0.756. The van der Waals surface area contributed by atoms with Crippen LogP contribution in [0.4, 0.5) is 0 Å². The van der Waals surface area contributed by atoms with Gasteiger partial charge in [-0.2, -0.15) is 0 Å². The summed E-state index contributed by atoms with van der Waals surface area (Å²) in [6.45, 7) is 5.52. The van der Waals surface area contributed by atoms with Crippen LogP contribution in [0.15, 0.2) is 0 Å². The standard InChI is InChI=1S/C13H22N2O4/c1-9-5-10(3-4-14-9)12(18)15-7-13(2,8-15)19-6-11(16)17/h9-10,14H,3-8H2,1-2H3,(H,16,17). The van der Waals surface area contributed by atoms with Crippen molar-refractivity contribution in [1.29, 1.82) is 0 Å². The van der Waals surface area contributed by atoms with E-state index >= 15 is 0 Å². The predicted octanol–water partition coefficient (Wildman–Crippen LogP) is 0.0766. The van der Waals surface area contributed by atoms with Crippen molar-refractivity contribution in [2.45, 2.75) is 38.3 Å². The molecule has 108 valence electrons. The molecule has 2 fully saturated rings. The number of carbonyl (C=O) groups excluding carboxylic acids is 1. The first-order chi connectivity index (χ1) is 8.89. The second-order valence-electron chi connectivity index (χ2n) is 5.90. The molecule has 0 radical (unpaired) electrons. The van der Waals surface area contributed by atoms with Crippen LogP contribution in [0.5, 0.6) is 0 Å². The average Bonchev–Trinajstić information content (AvgIpc) is 2.32. The third-order valence-corrected chi connectivity index (χ3v) is 3.88. The topological polar surface area (TPSA) is 78.9 Å². The van der Waals surface area contributed by atoms with Crippen molar-refractivity contribution in [3.63, 3.8) is 0 Å². The Bertz CT molecular complexity index is 366. The summed E-state index contributed by atoms with van der Waals surface area (Å²) in [6, 6.07) is 0.388. The Morgan fingerprint density at radius 1 is 1.47 bits per heavy atom. The van der Waals surface area contributed by atoms with E-state index in [0.29, 0.717) is 19.1 Å². The van der Waals surface area contributed by atoms with E-state index in [1.54, 1.807) is 4.90 Å². The number of carboxylic acids is 1. The number of ether oxygens (including phenoxy) is 1. The van der Waals surface area contributed by atoms with Gasteiger partial charge >= 0.3 is 5.97 Å². The van der Waals surface area contributed by atoms with Gasteiger partial charge in [0.2, 0.25) is 5.91 Å². The smallest absolute Gasteiger partial charge is 0.329 e. The fourth-order valence-electron chi connectivity index (χ4n) is 2.86. The number of nitrogens with zero attached hydrogens (tertiary/aromatic N) is 1. The minimum absolute atomic E-state index is 0.0975. The zero-order valence-corrected chi connectivity index (χ0v) is 11.5. The maximum atomic E-state index is 12.3. The van der Waals surface area contributed by atoms with E-state index < -0.39 is 11.6 Å². The number of hydrogen-bond acceptors (Lipinski definition) is 4. The van der Waals surface area contributed by atoms with Crippen LogP contribution in [0.2, 0.25) is 0 Å². The number of hydrogen-bond donors (Lipinski definition) is 2. The van der Waals surface area contributed by atoms with Gasteiger partial charge in [0, 0.05) is 12.0 Å². The van der Waals surface area contributed by atoms with Gasteiger partial charge in [-0.3, -0.25) is 4.79 Å². The van der Waals surface area contributed by atoms with Crippen molar-refractivity contribution >= 4 is 11.9 Å². The number of likely N-dealkylation sites (tertiary alicyclic amines) is 1. The van der Waals surface area contributed by atoms with Crippen molar-refractivity contribution < 1.29 is 19.4 Å². The fraction of sp³-hybridized carbons (Fsp3) is 0.846. The average molecular weight is 270 g/mol. The van der Waals surface area contributed by atoms with Crippen LogP contribution in [0.25, 0.3) is 0 Å². The first kappa shape index (κ1) is 14.3. The SMILES string of the molecule is CC1CC(C(=O)N2CC(C)(OCC(=O)O)C2)CCN1. The Balaban J connectivity index is 1.79. The molecule has 1 amide bonds. The van der Waals surface area contributed by atoms with E-state index in [1.165, 1.54) is 0 Å². The van der Waals surface area contributed by atoms with Crippen LogP contribution in [-0.4, -0.2) is 59.8 Å². The lowest BCUT2D eigenvalue weighted by atomic mass is 9.88. The van der Waals surface area contributed by atoms with Crippen LogP contribution in [0, 0.1) is 5.92 Å². The molecule has 0 aliphatic carbocycles. The molecule has 2 atom stereocenters. The summed E-state index contributed by atoms with van der Waals surface area (Å²) >= 11 is 0. The van der Waals surface area contributed by atoms with Crippen LogP contribution in [0.1, 0.15) is 26.7 Å². The second-order valence-corrected chi connectivity index (χ2v) is 5.90. The summed E-state index contributed by atoms with van der Waals surface area (Å²) in [5.74, 6) is -0.691. The molecule has 6 heteroatoms. The Labute approximate surface area is 113 Å². The van der Waals surface area contributed by atoms with E-state index in [4.69, 9.17) is 9.84 Å². The first-order valence-electron chi connectivity index (χ1n) is 6.77. The maximum absolute atomic E-state index is 12.3. The van der Waals surface area contributed by atoms with Gasteiger partial charge in [0.1, 0.15) is 12.2 Å².